The monoisotopic (exact) mass is 545 g/mol. The first kappa shape index (κ1) is 34.2. The molecule has 0 atom stereocenters. The van der Waals surface area contributed by atoms with E-state index in [4.69, 9.17) is 26.3 Å². The first-order valence-electron chi connectivity index (χ1n) is 11.2. The van der Waals surface area contributed by atoms with Crippen molar-refractivity contribution >= 4 is 35.1 Å². The molecule has 2 heterocycles. The molecule has 2 aromatic heterocycles. The standard InChI is InChI=1S/C16H15ClN4O2.C7H8.C2H6O2.CH5N.CH2O/c1-9-4-11(18-2)6-12(14(9)17)13-5-10-7-19-8-20-15(10)21(23-3)16(13)22;1-7-5-3-2-4-6-7;1-4-2-3;2*1-2/h4-8,18H,1-3H3;2-6H,1H3;3H,2H2,1H3;2H2,1H3;1H2. The number of hydrogen-bond acceptors (Lipinski definition) is 9. The van der Waals surface area contributed by atoms with Crippen LogP contribution in [0.15, 0.2) is 65.8 Å². The van der Waals surface area contributed by atoms with Crippen LogP contribution in [0.5, 0.6) is 0 Å². The summed E-state index contributed by atoms with van der Waals surface area (Å²) in [5.41, 5.74) is 8.72. The molecule has 2 aromatic carbocycles. The number of methoxy groups -OCH3 is 1. The third kappa shape index (κ3) is 9.91. The molecule has 11 heteroatoms. The fraction of sp³-hybridized carbons (Fsp3) is 0.259. The number of hydrogen-bond donors (Lipinski definition) is 3. The van der Waals surface area contributed by atoms with Crippen LogP contribution in [-0.4, -0.2) is 61.7 Å². The maximum atomic E-state index is 12.8. The molecule has 0 aliphatic carbocycles. The van der Waals surface area contributed by atoms with Crippen LogP contribution in [0.25, 0.3) is 22.2 Å². The number of aliphatic hydroxyl groups excluding tert-OH is 1. The van der Waals surface area contributed by atoms with Crippen LogP contribution in [0.3, 0.4) is 0 Å². The van der Waals surface area contributed by atoms with E-state index in [0.29, 0.717) is 27.2 Å². The number of ether oxygens (including phenoxy) is 1. The molecule has 0 saturated carbocycles. The van der Waals surface area contributed by atoms with E-state index in [1.54, 1.807) is 12.3 Å². The normalized spacial score (nSPS) is 9.18. The molecule has 0 spiro atoms. The van der Waals surface area contributed by atoms with Crippen molar-refractivity contribution in [2.75, 3.05) is 40.4 Å². The Labute approximate surface area is 228 Å². The molecule has 0 bridgehead atoms. The summed E-state index contributed by atoms with van der Waals surface area (Å²) in [6, 6.07) is 15.7. The van der Waals surface area contributed by atoms with E-state index < -0.39 is 0 Å². The number of nitrogens with two attached hydrogens (primary N) is 1. The van der Waals surface area contributed by atoms with Crippen molar-refractivity contribution < 1.29 is 19.5 Å². The first-order valence-corrected chi connectivity index (χ1v) is 11.6. The minimum Gasteiger partial charge on any atom is -0.412 e. The molecule has 4 aromatic rings. The van der Waals surface area contributed by atoms with Crippen LogP contribution < -0.4 is 21.4 Å². The van der Waals surface area contributed by atoms with Crippen LogP contribution in [0.2, 0.25) is 5.02 Å². The quantitative estimate of drug-likeness (QED) is 0.328. The molecule has 0 unspecified atom stereocenters. The number of benzene rings is 2. The van der Waals surface area contributed by atoms with Crippen LogP contribution in [0.4, 0.5) is 5.69 Å². The Bertz CT molecular complexity index is 1280. The maximum absolute atomic E-state index is 12.8. The first-order chi connectivity index (χ1) is 18.4. The van der Waals surface area contributed by atoms with Gasteiger partial charge in [0.1, 0.15) is 27.0 Å². The number of nitrogens with zero attached hydrogens (tertiary/aromatic N) is 3. The molecule has 0 fully saturated rings. The molecule has 0 aliphatic rings. The summed E-state index contributed by atoms with van der Waals surface area (Å²) >= 11 is 6.43. The highest BCUT2D eigenvalue weighted by atomic mass is 35.5. The average molecular weight is 546 g/mol. The van der Waals surface area contributed by atoms with E-state index >= 15 is 0 Å². The third-order valence-corrected chi connectivity index (χ3v) is 5.21. The molecule has 0 amide bonds. The van der Waals surface area contributed by atoms with Crippen molar-refractivity contribution in [3.8, 4) is 11.1 Å². The fourth-order valence-electron chi connectivity index (χ4n) is 3.03. The summed E-state index contributed by atoms with van der Waals surface area (Å²) in [7, 11) is 6.16. The Morgan fingerprint density at radius 2 is 1.68 bits per heavy atom. The number of fused-ring (bicyclic) bond motifs is 1. The summed E-state index contributed by atoms with van der Waals surface area (Å²) in [6.07, 6.45) is 3.00. The highest BCUT2D eigenvalue weighted by Crippen LogP contribution is 2.32. The molecule has 38 heavy (non-hydrogen) atoms. The Morgan fingerprint density at radius 3 is 2.16 bits per heavy atom. The second-order valence-corrected chi connectivity index (χ2v) is 7.50. The minimum atomic E-state index is -0.326. The topological polar surface area (TPSA) is 142 Å². The Kier molecular flexibility index (Phi) is 17.4. The lowest BCUT2D eigenvalue weighted by Gasteiger charge is -2.13. The van der Waals surface area contributed by atoms with Gasteiger partial charge in [-0.05, 0) is 44.7 Å². The van der Waals surface area contributed by atoms with Gasteiger partial charge < -0.3 is 30.5 Å². The molecular weight excluding hydrogens is 510 g/mol. The lowest BCUT2D eigenvalue weighted by atomic mass is 10.0. The highest BCUT2D eigenvalue weighted by Gasteiger charge is 2.16. The summed E-state index contributed by atoms with van der Waals surface area (Å²) in [6.45, 7) is 5.80. The van der Waals surface area contributed by atoms with Gasteiger partial charge in [0.25, 0.3) is 5.56 Å². The average Bonchev–Trinajstić information content (AvgIpc) is 2.97. The highest BCUT2D eigenvalue weighted by molar-refractivity contribution is 6.34. The van der Waals surface area contributed by atoms with Gasteiger partial charge in [-0.2, -0.15) is 0 Å². The largest absolute Gasteiger partial charge is 0.412 e. The molecule has 10 nitrogen and oxygen atoms in total. The fourth-order valence-corrected chi connectivity index (χ4v) is 3.25. The van der Waals surface area contributed by atoms with Crippen LogP contribution in [-0.2, 0) is 9.53 Å². The Balaban J connectivity index is 0.000000753. The number of anilines is 1. The number of carbonyl (C=O) groups excluding carboxylic acids is 1. The lowest BCUT2D eigenvalue weighted by Crippen LogP contribution is -2.27. The Hall–Kier alpha value is -3.83. The number of aromatic nitrogens is 3. The maximum Gasteiger partial charge on any atom is 0.293 e. The number of carbonyl (C=O) groups is 1. The van der Waals surface area contributed by atoms with Crippen molar-refractivity contribution in [1.82, 2.24) is 14.7 Å². The molecule has 4 N–H and O–H groups in total. The van der Waals surface area contributed by atoms with Gasteiger partial charge in [-0.3, -0.25) is 4.79 Å². The third-order valence-electron chi connectivity index (χ3n) is 4.71. The van der Waals surface area contributed by atoms with E-state index in [1.165, 1.54) is 33.2 Å². The molecule has 0 aliphatic heterocycles. The predicted molar refractivity (Wildman–Crippen MR) is 154 cm³/mol. The molecular formula is C27H36ClN5O5. The van der Waals surface area contributed by atoms with Gasteiger partial charge >= 0.3 is 0 Å². The second kappa shape index (κ2) is 19.3. The Morgan fingerprint density at radius 1 is 1.08 bits per heavy atom. The van der Waals surface area contributed by atoms with Gasteiger partial charge in [0.15, 0.2) is 5.65 Å². The van der Waals surface area contributed by atoms with Gasteiger partial charge in [-0.25, -0.2) is 9.97 Å². The van der Waals surface area contributed by atoms with Crippen molar-refractivity contribution in [3.63, 3.8) is 0 Å². The second-order valence-electron chi connectivity index (χ2n) is 7.12. The van der Waals surface area contributed by atoms with E-state index in [0.717, 1.165) is 16.0 Å². The zero-order valence-electron chi connectivity index (χ0n) is 22.6. The number of rotatable bonds is 4. The van der Waals surface area contributed by atoms with Crippen molar-refractivity contribution in [1.29, 1.82) is 0 Å². The number of nitrogens with one attached hydrogen (secondary N) is 1. The van der Waals surface area contributed by atoms with Crippen molar-refractivity contribution in [2.24, 2.45) is 5.73 Å². The van der Waals surface area contributed by atoms with Crippen molar-refractivity contribution in [2.45, 2.75) is 13.8 Å². The van der Waals surface area contributed by atoms with E-state index in [1.807, 2.05) is 51.1 Å². The zero-order chi connectivity index (χ0) is 29.1. The lowest BCUT2D eigenvalue weighted by molar-refractivity contribution is -0.0980. The summed E-state index contributed by atoms with van der Waals surface area (Å²) in [5, 5.41) is 11.9. The van der Waals surface area contributed by atoms with Crippen LogP contribution >= 0.6 is 11.6 Å². The van der Waals surface area contributed by atoms with E-state index in [-0.39, 0.29) is 12.4 Å². The van der Waals surface area contributed by atoms with Gasteiger partial charge in [0.05, 0.1) is 10.6 Å². The van der Waals surface area contributed by atoms with Gasteiger partial charge in [-0.1, -0.05) is 47.5 Å². The van der Waals surface area contributed by atoms with Crippen LogP contribution in [0, 0.1) is 13.8 Å². The van der Waals surface area contributed by atoms with E-state index in [2.05, 4.69) is 44.8 Å². The number of aliphatic hydroxyl groups is 1. The number of pyridine rings is 1. The molecule has 0 saturated heterocycles. The number of halogens is 1. The molecule has 206 valence electrons. The zero-order valence-corrected chi connectivity index (χ0v) is 23.3. The minimum absolute atomic E-state index is 0.181. The SMILES string of the molecule is C=O.CN.CNc1cc(C)c(Cl)c(-c2cc3cncnc3n(OC)c2=O)c1.COCO.Cc1ccccc1. The van der Waals surface area contributed by atoms with E-state index in [9.17, 15) is 4.79 Å². The molecule has 0 radical (unpaired) electrons. The summed E-state index contributed by atoms with van der Waals surface area (Å²) in [5.74, 6) is 0. The predicted octanol–water partition coefficient (Wildman–Crippen LogP) is 3.49. The van der Waals surface area contributed by atoms with Crippen LogP contribution in [0.1, 0.15) is 11.1 Å². The summed E-state index contributed by atoms with van der Waals surface area (Å²) in [4.78, 5) is 34.1. The smallest absolute Gasteiger partial charge is 0.293 e. The number of aryl methyl sites for hydroxylation is 2. The summed E-state index contributed by atoms with van der Waals surface area (Å²) < 4.78 is 5.24. The van der Waals surface area contributed by atoms with Gasteiger partial charge in [0.2, 0.25) is 0 Å². The molecule has 4 rings (SSSR count). The van der Waals surface area contributed by atoms with Crippen molar-refractivity contribution in [3.05, 3.63) is 87.6 Å². The van der Waals surface area contributed by atoms with Gasteiger partial charge in [0, 0.05) is 37.0 Å². The van der Waals surface area contributed by atoms with Gasteiger partial charge in [-0.15, -0.1) is 4.73 Å².